The van der Waals surface area contributed by atoms with E-state index in [0.29, 0.717) is 11.3 Å². The molecule has 0 radical (unpaired) electrons. The predicted octanol–water partition coefficient (Wildman–Crippen LogP) is 3.92. The number of aliphatic hydroxyl groups is 1. The summed E-state index contributed by atoms with van der Waals surface area (Å²) in [6, 6.07) is 24.7. The van der Waals surface area contributed by atoms with E-state index in [2.05, 4.69) is 9.97 Å². The van der Waals surface area contributed by atoms with Crippen molar-refractivity contribution in [2.24, 2.45) is 0 Å². The minimum absolute atomic E-state index is 0.555. The van der Waals surface area contributed by atoms with Gasteiger partial charge in [0, 0.05) is 5.39 Å². The molecule has 128 valence electrons. The van der Waals surface area contributed by atoms with Crippen LogP contribution in [-0.2, 0) is 5.60 Å². The van der Waals surface area contributed by atoms with Crippen molar-refractivity contribution < 1.29 is 9.84 Å². The number of nitrogens with zero attached hydrogens (tertiary/aromatic N) is 2. The molecule has 0 amide bonds. The highest BCUT2D eigenvalue weighted by molar-refractivity contribution is 5.82. The molecule has 1 heterocycles. The van der Waals surface area contributed by atoms with Crippen LogP contribution in [0.4, 0.5) is 0 Å². The predicted molar refractivity (Wildman–Crippen MR) is 101 cm³/mol. The van der Waals surface area contributed by atoms with E-state index in [-0.39, 0.29) is 0 Å². The van der Waals surface area contributed by atoms with Crippen LogP contribution in [0.5, 0.6) is 5.75 Å². The molecule has 26 heavy (non-hydrogen) atoms. The third-order valence-electron chi connectivity index (χ3n) is 4.58. The molecule has 3 aromatic carbocycles. The first-order chi connectivity index (χ1) is 12.7. The molecule has 1 atom stereocenters. The van der Waals surface area contributed by atoms with Crippen LogP contribution in [0.2, 0.25) is 0 Å². The third kappa shape index (κ3) is 2.61. The Balaban J connectivity index is 2.02. The number of methoxy groups -OCH3 is 1. The number of hydrogen-bond acceptors (Lipinski definition) is 4. The molecule has 0 fully saturated rings. The number of ether oxygens (including phenoxy) is 1. The fourth-order valence-corrected chi connectivity index (χ4v) is 3.24. The lowest BCUT2D eigenvalue weighted by Gasteiger charge is -2.30. The molecule has 0 aliphatic rings. The van der Waals surface area contributed by atoms with Gasteiger partial charge in [-0.2, -0.15) is 0 Å². The Morgan fingerprint density at radius 2 is 1.42 bits per heavy atom. The Bertz CT molecular complexity index is 1030. The summed E-state index contributed by atoms with van der Waals surface area (Å²) in [5.41, 5.74) is 1.40. The molecule has 4 nitrogen and oxygen atoms in total. The standard InChI is InChI=1S/C22H18N2O2/c1-26-18-13-11-17(12-14-18)22(25,16-7-3-2-4-8-16)21-19-9-5-6-10-20(19)23-15-24-21/h2-15,25H,1H3. The maximum Gasteiger partial charge on any atom is 0.158 e. The zero-order chi connectivity index (χ0) is 18.0. The van der Waals surface area contributed by atoms with Crippen LogP contribution in [0.15, 0.2) is 85.2 Å². The Kier molecular flexibility index (Phi) is 4.11. The molecule has 0 saturated carbocycles. The summed E-state index contributed by atoms with van der Waals surface area (Å²) in [6.45, 7) is 0. The molecule has 4 aromatic rings. The van der Waals surface area contributed by atoms with E-state index >= 15 is 0 Å². The monoisotopic (exact) mass is 342 g/mol. The first-order valence-electron chi connectivity index (χ1n) is 8.36. The summed E-state index contributed by atoms with van der Waals surface area (Å²) in [6.07, 6.45) is 1.50. The van der Waals surface area contributed by atoms with E-state index in [9.17, 15) is 5.11 Å². The van der Waals surface area contributed by atoms with Crippen molar-refractivity contribution in [3.05, 3.63) is 102 Å². The van der Waals surface area contributed by atoms with Gasteiger partial charge in [0.25, 0.3) is 0 Å². The van der Waals surface area contributed by atoms with Crippen LogP contribution >= 0.6 is 0 Å². The smallest absolute Gasteiger partial charge is 0.158 e. The zero-order valence-electron chi connectivity index (χ0n) is 14.3. The van der Waals surface area contributed by atoms with Gasteiger partial charge in [0.15, 0.2) is 5.60 Å². The highest BCUT2D eigenvalue weighted by Crippen LogP contribution is 2.38. The van der Waals surface area contributed by atoms with Gasteiger partial charge < -0.3 is 9.84 Å². The van der Waals surface area contributed by atoms with Gasteiger partial charge in [0.05, 0.1) is 18.3 Å². The molecular weight excluding hydrogens is 324 g/mol. The van der Waals surface area contributed by atoms with Gasteiger partial charge in [-0.15, -0.1) is 0 Å². The second-order valence-electron chi connectivity index (χ2n) is 6.04. The van der Waals surface area contributed by atoms with Crippen LogP contribution in [0, 0.1) is 0 Å². The molecule has 1 aromatic heterocycles. The van der Waals surface area contributed by atoms with Crippen LogP contribution in [0.3, 0.4) is 0 Å². The molecule has 0 aliphatic heterocycles. The Morgan fingerprint density at radius 3 is 2.15 bits per heavy atom. The lowest BCUT2D eigenvalue weighted by molar-refractivity contribution is 0.122. The molecule has 0 spiro atoms. The molecule has 0 aliphatic carbocycles. The first kappa shape index (κ1) is 16.2. The van der Waals surface area contributed by atoms with E-state index in [1.807, 2.05) is 78.9 Å². The second kappa shape index (κ2) is 6.58. The Hall–Kier alpha value is -3.24. The Labute approximate surface area is 151 Å². The molecule has 4 heteroatoms. The third-order valence-corrected chi connectivity index (χ3v) is 4.58. The number of benzene rings is 3. The summed E-state index contributed by atoms with van der Waals surface area (Å²) in [4.78, 5) is 8.81. The molecule has 0 bridgehead atoms. The SMILES string of the molecule is COc1ccc(C(O)(c2ccccc2)c2ncnc3ccccc23)cc1. The van der Waals surface area contributed by atoms with Crippen molar-refractivity contribution in [3.63, 3.8) is 0 Å². The van der Waals surface area contributed by atoms with Crippen LogP contribution < -0.4 is 4.74 Å². The van der Waals surface area contributed by atoms with Crippen molar-refractivity contribution in [3.8, 4) is 5.75 Å². The van der Waals surface area contributed by atoms with Crippen LogP contribution in [0.25, 0.3) is 10.9 Å². The minimum atomic E-state index is -1.41. The summed E-state index contributed by atoms with van der Waals surface area (Å²) in [5.74, 6) is 0.733. The van der Waals surface area contributed by atoms with Gasteiger partial charge >= 0.3 is 0 Å². The van der Waals surface area contributed by atoms with E-state index in [1.54, 1.807) is 7.11 Å². The number of rotatable bonds is 4. The molecule has 1 unspecified atom stereocenters. The minimum Gasteiger partial charge on any atom is -0.497 e. The quantitative estimate of drug-likeness (QED) is 0.611. The number of aromatic nitrogens is 2. The summed E-state index contributed by atoms with van der Waals surface area (Å²) in [5, 5.41) is 12.8. The number of hydrogen-bond donors (Lipinski definition) is 1. The fourth-order valence-electron chi connectivity index (χ4n) is 3.24. The lowest BCUT2D eigenvalue weighted by Crippen LogP contribution is -2.30. The number of fused-ring (bicyclic) bond motifs is 1. The van der Waals surface area contributed by atoms with Gasteiger partial charge in [0.2, 0.25) is 0 Å². The van der Waals surface area contributed by atoms with Gasteiger partial charge in [-0.25, -0.2) is 9.97 Å². The van der Waals surface area contributed by atoms with E-state index in [1.165, 1.54) is 6.33 Å². The topological polar surface area (TPSA) is 55.2 Å². The first-order valence-corrected chi connectivity index (χ1v) is 8.36. The summed E-state index contributed by atoms with van der Waals surface area (Å²) in [7, 11) is 1.62. The van der Waals surface area contributed by atoms with Gasteiger partial charge in [0.1, 0.15) is 12.1 Å². The maximum absolute atomic E-state index is 12.0. The van der Waals surface area contributed by atoms with Crippen molar-refractivity contribution in [1.29, 1.82) is 0 Å². The second-order valence-corrected chi connectivity index (χ2v) is 6.04. The Morgan fingerprint density at radius 1 is 0.769 bits per heavy atom. The van der Waals surface area contributed by atoms with Gasteiger partial charge in [-0.05, 0) is 29.3 Å². The van der Waals surface area contributed by atoms with Crippen LogP contribution in [0.1, 0.15) is 16.8 Å². The molecule has 4 rings (SSSR count). The van der Waals surface area contributed by atoms with E-state index in [0.717, 1.165) is 22.2 Å². The van der Waals surface area contributed by atoms with Crippen molar-refractivity contribution in [2.75, 3.05) is 7.11 Å². The largest absolute Gasteiger partial charge is 0.497 e. The lowest BCUT2D eigenvalue weighted by atomic mass is 9.82. The van der Waals surface area contributed by atoms with Gasteiger partial charge in [-0.1, -0.05) is 60.7 Å². The normalized spacial score (nSPS) is 13.3. The molecule has 1 N–H and O–H groups in total. The van der Waals surface area contributed by atoms with Crippen molar-refractivity contribution in [2.45, 2.75) is 5.60 Å². The average molecular weight is 342 g/mol. The average Bonchev–Trinajstić information content (AvgIpc) is 2.73. The number of para-hydroxylation sites is 1. The highest BCUT2D eigenvalue weighted by Gasteiger charge is 2.36. The molecular formula is C22H18N2O2. The van der Waals surface area contributed by atoms with E-state index in [4.69, 9.17) is 4.74 Å². The summed E-state index contributed by atoms with van der Waals surface area (Å²) >= 11 is 0. The van der Waals surface area contributed by atoms with Crippen LogP contribution in [-0.4, -0.2) is 22.2 Å². The molecule has 0 saturated heterocycles. The highest BCUT2D eigenvalue weighted by atomic mass is 16.5. The maximum atomic E-state index is 12.0. The summed E-state index contributed by atoms with van der Waals surface area (Å²) < 4.78 is 5.26. The van der Waals surface area contributed by atoms with E-state index < -0.39 is 5.60 Å². The fraction of sp³-hybridized carbons (Fsp3) is 0.0909. The van der Waals surface area contributed by atoms with Crippen molar-refractivity contribution in [1.82, 2.24) is 9.97 Å². The van der Waals surface area contributed by atoms with Gasteiger partial charge in [-0.3, -0.25) is 0 Å². The van der Waals surface area contributed by atoms with Crippen molar-refractivity contribution >= 4 is 10.9 Å². The zero-order valence-corrected chi connectivity index (χ0v) is 14.3.